The minimum Gasteiger partial charge on any atom is -0.531 e. The standard InChI is InChI=1S/C30H62N4O6Si6/c1-21(2)22(23-25(35-41(3,4)5)31-29(39-45(15,16)17)32-26(23)36-42(6,7)8)24-27(37-43(9,10)11)33-30(40-46(18,19)20)34-28(24)38-44(12,13)14/h21-22H,1-20H3. The van der Waals surface area contributed by atoms with E-state index < -0.39 is 55.8 Å². The largest absolute Gasteiger partial charge is 0.531 e. The molecule has 0 bridgehead atoms. The maximum atomic E-state index is 6.80. The summed E-state index contributed by atoms with van der Waals surface area (Å²) in [7, 11) is -12.9. The number of hydrogen-bond donors (Lipinski definition) is 0. The average Bonchev–Trinajstić information content (AvgIpc) is 2.70. The van der Waals surface area contributed by atoms with Crippen molar-refractivity contribution in [3.63, 3.8) is 0 Å². The van der Waals surface area contributed by atoms with E-state index in [9.17, 15) is 0 Å². The molecule has 2 aromatic heterocycles. The molecule has 0 unspecified atom stereocenters. The van der Waals surface area contributed by atoms with Gasteiger partial charge in [0.15, 0.2) is 0 Å². The number of hydrogen-bond acceptors (Lipinski definition) is 10. The van der Waals surface area contributed by atoms with Crippen LogP contribution in [0.5, 0.6) is 35.5 Å². The molecule has 10 nitrogen and oxygen atoms in total. The van der Waals surface area contributed by atoms with Crippen LogP contribution in [0.25, 0.3) is 0 Å². The van der Waals surface area contributed by atoms with E-state index in [1.807, 2.05) is 0 Å². The van der Waals surface area contributed by atoms with E-state index in [4.69, 9.17) is 46.5 Å². The van der Waals surface area contributed by atoms with Crippen molar-refractivity contribution in [2.45, 2.75) is 138 Å². The molecule has 0 spiro atoms. The lowest BCUT2D eigenvalue weighted by Gasteiger charge is -2.34. The second kappa shape index (κ2) is 14.0. The smallest absolute Gasteiger partial charge is 0.309 e. The second-order valence-electron chi connectivity index (χ2n) is 18.1. The molecule has 262 valence electrons. The summed E-state index contributed by atoms with van der Waals surface area (Å²) in [4.78, 5) is 19.9. The summed E-state index contributed by atoms with van der Waals surface area (Å²) in [6.07, 6.45) is 0. The van der Waals surface area contributed by atoms with Crippen LogP contribution in [0.3, 0.4) is 0 Å². The zero-order valence-corrected chi connectivity index (χ0v) is 38.4. The normalized spacial score (nSPS) is 13.6. The number of nitrogens with zero attached hydrogens (tertiary/aromatic N) is 4. The lowest BCUT2D eigenvalue weighted by molar-refractivity contribution is 0.404. The van der Waals surface area contributed by atoms with Crippen molar-refractivity contribution in [3.8, 4) is 35.5 Å². The fourth-order valence-corrected chi connectivity index (χ4v) is 8.50. The number of aromatic nitrogens is 4. The van der Waals surface area contributed by atoms with E-state index >= 15 is 0 Å². The zero-order chi connectivity index (χ0) is 35.8. The zero-order valence-electron chi connectivity index (χ0n) is 32.4. The molecule has 46 heavy (non-hydrogen) atoms. The SMILES string of the molecule is CC(C)C(c1c(O[Si](C)(C)C)nc(O[Si](C)(C)C)nc1O[Si](C)(C)C)c1c(O[Si](C)(C)C)nc(O[Si](C)(C)C)nc1O[Si](C)(C)C. The van der Waals surface area contributed by atoms with Crippen LogP contribution in [0.4, 0.5) is 0 Å². The Morgan fingerprint density at radius 2 is 0.543 bits per heavy atom. The first-order valence-electron chi connectivity index (χ1n) is 16.3. The van der Waals surface area contributed by atoms with Gasteiger partial charge in [-0.25, -0.2) is 0 Å². The second-order valence-corrected chi connectivity index (χ2v) is 44.6. The monoisotopic (exact) mass is 742 g/mol. The molecule has 0 fully saturated rings. The molecule has 2 rings (SSSR count). The van der Waals surface area contributed by atoms with Crippen molar-refractivity contribution in [1.29, 1.82) is 0 Å². The molecule has 2 aromatic rings. The Bertz CT molecular complexity index is 1180. The Kier molecular flexibility index (Phi) is 12.3. The Hall–Kier alpha value is -1.74. The van der Waals surface area contributed by atoms with E-state index in [2.05, 4.69) is 132 Å². The van der Waals surface area contributed by atoms with Gasteiger partial charge in [0.2, 0.25) is 73.4 Å². The van der Waals surface area contributed by atoms with Crippen LogP contribution in [0, 0.1) is 5.92 Å². The number of rotatable bonds is 15. The molecular weight excluding hydrogens is 681 g/mol. The van der Waals surface area contributed by atoms with Crippen molar-refractivity contribution < 1.29 is 26.6 Å². The molecule has 0 aromatic carbocycles. The Morgan fingerprint density at radius 1 is 0.348 bits per heavy atom. The summed E-state index contributed by atoms with van der Waals surface area (Å²) in [6, 6.07) is 0.554. The lowest BCUT2D eigenvalue weighted by Crippen LogP contribution is -2.36. The first kappa shape index (κ1) is 40.4. The molecule has 0 atom stereocenters. The summed E-state index contributed by atoms with van der Waals surface area (Å²) >= 11 is 0. The van der Waals surface area contributed by atoms with Crippen molar-refractivity contribution >= 4 is 49.9 Å². The lowest BCUT2D eigenvalue weighted by atomic mass is 9.84. The first-order chi connectivity index (χ1) is 20.3. The molecule has 0 aliphatic rings. The Balaban J connectivity index is 3.21. The van der Waals surface area contributed by atoms with E-state index in [0.29, 0.717) is 23.5 Å². The van der Waals surface area contributed by atoms with E-state index in [0.717, 1.165) is 11.1 Å². The maximum Gasteiger partial charge on any atom is 0.309 e. The first-order valence-corrected chi connectivity index (χ1v) is 36.8. The van der Waals surface area contributed by atoms with Gasteiger partial charge in [0.1, 0.15) is 0 Å². The van der Waals surface area contributed by atoms with Crippen molar-refractivity contribution in [1.82, 2.24) is 19.9 Å². The quantitative estimate of drug-likeness (QED) is 0.164. The fourth-order valence-electron chi connectivity index (χ4n) is 4.27. The fraction of sp³-hybridized carbons (Fsp3) is 0.733. The van der Waals surface area contributed by atoms with Crippen LogP contribution in [0.15, 0.2) is 0 Å². The summed E-state index contributed by atoms with van der Waals surface area (Å²) in [6.45, 7) is 42.7. The summed E-state index contributed by atoms with van der Waals surface area (Å²) in [5, 5.41) is 0. The predicted molar refractivity (Wildman–Crippen MR) is 205 cm³/mol. The topological polar surface area (TPSA) is 107 Å². The third-order valence-corrected chi connectivity index (χ3v) is 10.2. The van der Waals surface area contributed by atoms with Crippen LogP contribution in [-0.4, -0.2) is 69.8 Å². The van der Waals surface area contributed by atoms with Gasteiger partial charge in [0.05, 0.1) is 11.1 Å². The van der Waals surface area contributed by atoms with E-state index in [1.165, 1.54) is 0 Å². The highest BCUT2D eigenvalue weighted by atomic mass is 28.4. The summed E-state index contributed by atoms with van der Waals surface area (Å²) in [5.74, 6) is 1.48. The minimum absolute atomic E-state index is 0.000610. The molecule has 0 aliphatic heterocycles. The van der Waals surface area contributed by atoms with Gasteiger partial charge in [-0.2, -0.15) is 19.9 Å². The molecule has 2 heterocycles. The van der Waals surface area contributed by atoms with E-state index in [-0.39, 0.29) is 17.9 Å². The van der Waals surface area contributed by atoms with Crippen LogP contribution in [0.2, 0.25) is 118 Å². The predicted octanol–water partition coefficient (Wildman–Crippen LogP) is 9.34. The van der Waals surface area contributed by atoms with Gasteiger partial charge in [0, 0.05) is 5.92 Å². The molecule has 16 heteroatoms. The molecule has 0 saturated heterocycles. The van der Waals surface area contributed by atoms with Crippen LogP contribution >= 0.6 is 0 Å². The van der Waals surface area contributed by atoms with Crippen molar-refractivity contribution in [2.75, 3.05) is 0 Å². The molecule has 0 amide bonds. The van der Waals surface area contributed by atoms with Crippen molar-refractivity contribution in [2.24, 2.45) is 5.92 Å². The Morgan fingerprint density at radius 3 is 0.696 bits per heavy atom. The molecular formula is C30H62N4O6Si6. The highest BCUT2D eigenvalue weighted by Gasteiger charge is 2.40. The molecule has 0 N–H and O–H groups in total. The van der Waals surface area contributed by atoms with Crippen LogP contribution in [0.1, 0.15) is 30.9 Å². The highest BCUT2D eigenvalue weighted by Crippen LogP contribution is 2.49. The van der Waals surface area contributed by atoms with Gasteiger partial charge < -0.3 is 26.6 Å². The van der Waals surface area contributed by atoms with Crippen LogP contribution in [-0.2, 0) is 0 Å². The highest BCUT2D eigenvalue weighted by molar-refractivity contribution is 6.72. The third-order valence-electron chi connectivity index (χ3n) is 5.41. The van der Waals surface area contributed by atoms with E-state index in [1.54, 1.807) is 0 Å². The van der Waals surface area contributed by atoms with Gasteiger partial charge in [0.25, 0.3) is 0 Å². The van der Waals surface area contributed by atoms with Crippen molar-refractivity contribution in [3.05, 3.63) is 11.1 Å². The average molecular weight is 743 g/mol. The van der Waals surface area contributed by atoms with Crippen LogP contribution < -0.4 is 26.6 Å². The summed E-state index contributed by atoms with van der Waals surface area (Å²) < 4.78 is 39.9. The third kappa shape index (κ3) is 13.8. The van der Waals surface area contributed by atoms with Gasteiger partial charge >= 0.3 is 12.0 Å². The molecule has 0 radical (unpaired) electrons. The van der Waals surface area contributed by atoms with Gasteiger partial charge in [-0.1, -0.05) is 13.8 Å². The van der Waals surface area contributed by atoms with Gasteiger partial charge in [-0.15, -0.1) is 0 Å². The van der Waals surface area contributed by atoms with Gasteiger partial charge in [-0.05, 0) is 124 Å². The molecule has 0 saturated carbocycles. The maximum absolute atomic E-state index is 6.80. The summed E-state index contributed by atoms with van der Waals surface area (Å²) in [5.41, 5.74) is 1.48. The van der Waals surface area contributed by atoms with Gasteiger partial charge in [-0.3, -0.25) is 0 Å². The molecule has 0 aliphatic carbocycles. The minimum atomic E-state index is -2.19. The Labute approximate surface area is 285 Å².